The Morgan fingerprint density at radius 2 is 1.60 bits per heavy atom. The van der Waals surface area contributed by atoms with Gasteiger partial charge in [0.1, 0.15) is 6.04 Å². The van der Waals surface area contributed by atoms with Crippen molar-refractivity contribution < 1.29 is 37.8 Å². The summed E-state index contributed by atoms with van der Waals surface area (Å²) in [6.07, 6.45) is -2.43. The molecule has 25 heavy (non-hydrogen) atoms. The normalized spacial score (nSPS) is 22.8. The largest absolute Gasteiger partial charge is 0.490 e. The van der Waals surface area contributed by atoms with Crippen LogP contribution in [0.3, 0.4) is 0 Å². The predicted molar refractivity (Wildman–Crippen MR) is 80.5 cm³/mol. The zero-order chi connectivity index (χ0) is 19.8. The summed E-state index contributed by atoms with van der Waals surface area (Å²) in [5.41, 5.74) is 5.69. The van der Waals surface area contributed by atoms with Crippen LogP contribution in [-0.4, -0.2) is 57.8 Å². The van der Waals surface area contributed by atoms with Gasteiger partial charge in [-0.05, 0) is 30.1 Å². The van der Waals surface area contributed by atoms with Crippen molar-refractivity contribution >= 4 is 17.8 Å². The van der Waals surface area contributed by atoms with Gasteiger partial charge in [-0.2, -0.15) is 13.2 Å². The fourth-order valence-corrected chi connectivity index (χ4v) is 2.60. The van der Waals surface area contributed by atoms with Crippen LogP contribution in [0.5, 0.6) is 0 Å². The topological polar surface area (TPSA) is 121 Å². The van der Waals surface area contributed by atoms with Crippen molar-refractivity contribution in [3.8, 4) is 0 Å². The van der Waals surface area contributed by atoms with Crippen LogP contribution in [-0.2, 0) is 14.4 Å². The lowest BCUT2D eigenvalue weighted by Gasteiger charge is -2.31. The minimum Gasteiger partial charge on any atom is -0.480 e. The second-order valence-electron chi connectivity index (χ2n) is 7.67. The van der Waals surface area contributed by atoms with Crippen LogP contribution >= 0.6 is 0 Å². The maximum atomic E-state index is 12.4. The number of carbonyl (C=O) groups is 3. The summed E-state index contributed by atoms with van der Waals surface area (Å²) in [6.45, 7) is 6.25. The maximum absolute atomic E-state index is 12.4. The predicted octanol–water partition coefficient (Wildman–Crippen LogP) is 1.46. The average molecular weight is 368 g/mol. The zero-order valence-electron chi connectivity index (χ0n) is 14.3. The number of hydrogen-bond donors (Lipinski definition) is 3. The lowest BCUT2D eigenvalue weighted by Crippen LogP contribution is -2.53. The molecule has 0 radical (unpaired) electrons. The maximum Gasteiger partial charge on any atom is 0.490 e. The molecule has 0 aromatic rings. The molecule has 1 spiro atoms. The molecule has 2 aliphatic rings. The average Bonchev–Trinajstić information content (AvgIpc) is 3.06. The van der Waals surface area contributed by atoms with Gasteiger partial charge in [0.15, 0.2) is 0 Å². The Morgan fingerprint density at radius 3 is 1.88 bits per heavy atom. The van der Waals surface area contributed by atoms with Crippen LogP contribution in [0.4, 0.5) is 13.2 Å². The molecule has 10 heteroatoms. The first-order valence-corrected chi connectivity index (χ1v) is 7.70. The minimum atomic E-state index is -5.08. The number of amides is 1. The molecule has 1 aliphatic carbocycles. The molecule has 0 unspecified atom stereocenters. The van der Waals surface area contributed by atoms with E-state index in [2.05, 4.69) is 0 Å². The van der Waals surface area contributed by atoms with Gasteiger partial charge in [-0.15, -0.1) is 0 Å². The highest BCUT2D eigenvalue weighted by atomic mass is 19.4. The number of halogens is 3. The summed E-state index contributed by atoms with van der Waals surface area (Å²) in [5, 5.41) is 16.4. The van der Waals surface area contributed by atoms with Gasteiger partial charge in [0.25, 0.3) is 0 Å². The molecule has 144 valence electrons. The van der Waals surface area contributed by atoms with Crippen molar-refractivity contribution in [3.63, 3.8) is 0 Å². The summed E-state index contributed by atoms with van der Waals surface area (Å²) >= 11 is 0. The van der Waals surface area contributed by atoms with Crippen LogP contribution in [0, 0.1) is 10.8 Å². The molecule has 1 saturated heterocycles. The summed E-state index contributed by atoms with van der Waals surface area (Å²) in [5.74, 6) is -3.89. The second kappa shape index (κ2) is 6.81. The van der Waals surface area contributed by atoms with Gasteiger partial charge in [0.05, 0.1) is 6.04 Å². The number of nitrogens with two attached hydrogens (primary N) is 1. The molecule has 1 amide bonds. The number of rotatable bonds is 2. The fourth-order valence-electron chi connectivity index (χ4n) is 2.60. The number of alkyl halides is 3. The van der Waals surface area contributed by atoms with Crippen LogP contribution in [0.2, 0.25) is 0 Å². The Morgan fingerprint density at radius 1 is 1.16 bits per heavy atom. The molecule has 0 bridgehead atoms. The SMILES string of the molecule is CC(C)(C)[C@H](N)C(=O)N1CC2(CC2)C[C@H]1C(=O)O.O=C(O)C(F)(F)F. The Balaban J connectivity index is 0.000000381. The van der Waals surface area contributed by atoms with Crippen LogP contribution in [0.1, 0.15) is 40.0 Å². The standard InChI is InChI=1S/C13H22N2O3.C2HF3O2/c1-12(2,3)9(14)10(16)15-7-13(4-5-13)6-8(15)11(17)18;3-2(4,5)1(6)7/h8-9H,4-7,14H2,1-3H3,(H,17,18);(H,6,7)/t8-,9+;/m0./s1. The van der Waals surface area contributed by atoms with E-state index in [1.807, 2.05) is 20.8 Å². The fraction of sp³-hybridized carbons (Fsp3) is 0.800. The van der Waals surface area contributed by atoms with Crippen molar-refractivity contribution in [2.75, 3.05) is 6.54 Å². The molecule has 1 aliphatic heterocycles. The van der Waals surface area contributed by atoms with E-state index in [0.717, 1.165) is 12.8 Å². The van der Waals surface area contributed by atoms with Crippen molar-refractivity contribution in [2.45, 2.75) is 58.3 Å². The highest BCUT2D eigenvalue weighted by Crippen LogP contribution is 2.55. The van der Waals surface area contributed by atoms with Gasteiger partial charge >= 0.3 is 18.1 Å². The molecule has 0 aromatic heterocycles. The third-order valence-corrected chi connectivity index (χ3v) is 4.48. The number of carboxylic acids is 2. The number of nitrogens with zero attached hydrogens (tertiary/aromatic N) is 1. The molecule has 1 saturated carbocycles. The second-order valence-corrected chi connectivity index (χ2v) is 7.67. The van der Waals surface area contributed by atoms with E-state index in [0.29, 0.717) is 13.0 Å². The van der Waals surface area contributed by atoms with Gasteiger partial charge in [0.2, 0.25) is 5.91 Å². The summed E-state index contributed by atoms with van der Waals surface area (Å²) in [7, 11) is 0. The number of aliphatic carboxylic acids is 2. The lowest BCUT2D eigenvalue weighted by molar-refractivity contribution is -0.192. The van der Waals surface area contributed by atoms with E-state index in [-0.39, 0.29) is 16.7 Å². The highest BCUT2D eigenvalue weighted by molar-refractivity contribution is 5.88. The summed E-state index contributed by atoms with van der Waals surface area (Å²) in [6, 6.07) is -1.33. The lowest BCUT2D eigenvalue weighted by atomic mass is 9.86. The molecule has 2 rings (SSSR count). The minimum absolute atomic E-state index is 0.0797. The molecule has 0 aromatic carbocycles. The first-order chi connectivity index (χ1) is 11.1. The van der Waals surface area contributed by atoms with E-state index in [1.54, 1.807) is 0 Å². The monoisotopic (exact) mass is 368 g/mol. The van der Waals surface area contributed by atoms with Gasteiger partial charge in [-0.3, -0.25) is 4.79 Å². The molecule has 4 N–H and O–H groups in total. The van der Waals surface area contributed by atoms with Crippen LogP contribution < -0.4 is 5.73 Å². The van der Waals surface area contributed by atoms with Gasteiger partial charge < -0.3 is 20.8 Å². The Hall–Kier alpha value is -1.84. The summed E-state index contributed by atoms with van der Waals surface area (Å²) in [4.78, 5) is 34.0. The van der Waals surface area contributed by atoms with E-state index in [9.17, 15) is 27.9 Å². The quantitative estimate of drug-likeness (QED) is 0.678. The Bertz CT molecular complexity index is 552. The Labute approximate surface area is 143 Å². The van der Waals surface area contributed by atoms with E-state index in [1.165, 1.54) is 4.90 Å². The molecule has 2 fully saturated rings. The van der Waals surface area contributed by atoms with Crippen molar-refractivity contribution in [1.82, 2.24) is 4.90 Å². The number of carbonyl (C=O) groups excluding carboxylic acids is 1. The van der Waals surface area contributed by atoms with Crippen molar-refractivity contribution in [3.05, 3.63) is 0 Å². The van der Waals surface area contributed by atoms with Crippen LogP contribution in [0.25, 0.3) is 0 Å². The molecule has 7 nitrogen and oxygen atoms in total. The van der Waals surface area contributed by atoms with E-state index < -0.39 is 30.2 Å². The van der Waals surface area contributed by atoms with Crippen molar-refractivity contribution in [2.24, 2.45) is 16.6 Å². The van der Waals surface area contributed by atoms with Gasteiger partial charge in [-0.25, -0.2) is 9.59 Å². The van der Waals surface area contributed by atoms with E-state index >= 15 is 0 Å². The first kappa shape index (κ1) is 21.2. The third-order valence-electron chi connectivity index (χ3n) is 4.48. The highest BCUT2D eigenvalue weighted by Gasteiger charge is 2.56. The molecular weight excluding hydrogens is 345 g/mol. The number of carboxylic acid groups (broad SMARTS) is 2. The number of likely N-dealkylation sites (tertiary alicyclic amines) is 1. The Kier molecular flexibility index (Phi) is 5.78. The molecule has 2 atom stereocenters. The van der Waals surface area contributed by atoms with E-state index in [4.69, 9.17) is 15.6 Å². The van der Waals surface area contributed by atoms with Gasteiger partial charge in [-0.1, -0.05) is 20.8 Å². The van der Waals surface area contributed by atoms with Gasteiger partial charge in [0, 0.05) is 6.54 Å². The summed E-state index contributed by atoms with van der Waals surface area (Å²) < 4.78 is 31.7. The van der Waals surface area contributed by atoms with Crippen molar-refractivity contribution in [1.29, 1.82) is 0 Å². The number of hydrogen-bond acceptors (Lipinski definition) is 4. The first-order valence-electron chi connectivity index (χ1n) is 7.70. The molecular formula is C15H23F3N2O5. The third kappa shape index (κ3) is 5.32. The zero-order valence-corrected chi connectivity index (χ0v) is 14.3. The molecule has 1 heterocycles. The van der Waals surface area contributed by atoms with Crippen LogP contribution in [0.15, 0.2) is 0 Å². The smallest absolute Gasteiger partial charge is 0.480 e.